The molecule has 1 N–H and O–H groups in total. The van der Waals surface area contributed by atoms with Gasteiger partial charge in [0.15, 0.2) is 0 Å². The maximum atomic E-state index is 11.8. The maximum Gasteiger partial charge on any atom is 0.223 e. The predicted octanol–water partition coefficient (Wildman–Crippen LogP) is 3.51. The van der Waals surface area contributed by atoms with Crippen LogP contribution < -0.4 is 10.2 Å². The van der Waals surface area contributed by atoms with Crippen molar-refractivity contribution in [2.75, 3.05) is 18.0 Å². The summed E-state index contributed by atoms with van der Waals surface area (Å²) in [6.45, 7) is 6.36. The van der Waals surface area contributed by atoms with Crippen molar-refractivity contribution >= 4 is 40.7 Å². The molecule has 0 saturated heterocycles. The normalized spacial score (nSPS) is 10.6. The maximum absolute atomic E-state index is 11.8. The van der Waals surface area contributed by atoms with Crippen LogP contribution >= 0.6 is 23.2 Å². The summed E-state index contributed by atoms with van der Waals surface area (Å²) < 4.78 is 0. The van der Waals surface area contributed by atoms with Gasteiger partial charge in [0.2, 0.25) is 11.8 Å². The molecule has 1 aromatic carbocycles. The molecule has 0 saturated carbocycles. The van der Waals surface area contributed by atoms with Gasteiger partial charge < -0.3 is 10.2 Å². The van der Waals surface area contributed by atoms with Gasteiger partial charge >= 0.3 is 0 Å². The van der Waals surface area contributed by atoms with Crippen molar-refractivity contribution in [2.24, 2.45) is 5.92 Å². The van der Waals surface area contributed by atoms with Gasteiger partial charge in [-0.3, -0.25) is 9.59 Å². The molecule has 0 aliphatic carbocycles. The zero-order valence-corrected chi connectivity index (χ0v) is 14.0. The van der Waals surface area contributed by atoms with E-state index in [4.69, 9.17) is 23.2 Å². The van der Waals surface area contributed by atoms with E-state index in [-0.39, 0.29) is 24.8 Å². The van der Waals surface area contributed by atoms with Gasteiger partial charge in [0.1, 0.15) is 0 Å². The van der Waals surface area contributed by atoms with Crippen LogP contribution in [0, 0.1) is 5.92 Å². The number of amides is 2. The third kappa shape index (κ3) is 5.94. The number of anilines is 1. The molecule has 0 atom stereocenters. The highest BCUT2D eigenvalue weighted by atomic mass is 35.5. The van der Waals surface area contributed by atoms with Crippen molar-refractivity contribution in [3.63, 3.8) is 0 Å². The largest absolute Gasteiger partial charge is 0.356 e. The van der Waals surface area contributed by atoms with E-state index >= 15 is 0 Å². The Morgan fingerprint density at radius 1 is 1.29 bits per heavy atom. The Morgan fingerprint density at radius 2 is 1.95 bits per heavy atom. The summed E-state index contributed by atoms with van der Waals surface area (Å²) in [5.41, 5.74) is 0.522. The van der Waals surface area contributed by atoms with E-state index in [2.05, 4.69) is 5.32 Å². The first-order valence-corrected chi connectivity index (χ1v) is 7.56. The number of hydrogen-bond acceptors (Lipinski definition) is 2. The minimum absolute atomic E-state index is 0.0897. The number of halogens is 2. The molecule has 2 amide bonds. The summed E-state index contributed by atoms with van der Waals surface area (Å²) in [6.07, 6.45) is 0.217. The molecule has 0 fully saturated rings. The third-order valence-corrected chi connectivity index (χ3v) is 3.40. The molecule has 6 heteroatoms. The molecule has 0 aliphatic heterocycles. The molecule has 116 valence electrons. The second-order valence-electron chi connectivity index (χ2n) is 5.21. The van der Waals surface area contributed by atoms with E-state index < -0.39 is 0 Å². The van der Waals surface area contributed by atoms with Gasteiger partial charge in [-0.15, -0.1) is 0 Å². The zero-order valence-electron chi connectivity index (χ0n) is 12.5. The number of benzene rings is 1. The van der Waals surface area contributed by atoms with Crippen LogP contribution in [-0.4, -0.2) is 24.9 Å². The molecule has 0 aromatic heterocycles. The highest BCUT2D eigenvalue weighted by molar-refractivity contribution is 6.35. The lowest BCUT2D eigenvalue weighted by molar-refractivity contribution is -0.121. The molecular formula is C15H20Cl2N2O2. The molecule has 0 unspecified atom stereocenters. The van der Waals surface area contributed by atoms with Crippen LogP contribution in [0.3, 0.4) is 0 Å². The van der Waals surface area contributed by atoms with Gasteiger partial charge in [0, 0.05) is 31.5 Å². The SMILES string of the molecule is CC(=O)N(CCC(=O)NCC(C)C)c1cc(Cl)ccc1Cl. The van der Waals surface area contributed by atoms with E-state index in [1.165, 1.54) is 11.8 Å². The molecular weight excluding hydrogens is 311 g/mol. The zero-order chi connectivity index (χ0) is 16.0. The number of hydrogen-bond donors (Lipinski definition) is 1. The lowest BCUT2D eigenvalue weighted by atomic mass is 10.2. The van der Waals surface area contributed by atoms with Crippen LogP contribution in [-0.2, 0) is 9.59 Å². The third-order valence-electron chi connectivity index (χ3n) is 2.85. The summed E-state index contributed by atoms with van der Waals surface area (Å²) in [7, 11) is 0. The summed E-state index contributed by atoms with van der Waals surface area (Å²) in [4.78, 5) is 25.0. The molecule has 1 aromatic rings. The van der Waals surface area contributed by atoms with Gasteiger partial charge in [-0.1, -0.05) is 37.0 Å². The highest BCUT2D eigenvalue weighted by Gasteiger charge is 2.16. The second-order valence-corrected chi connectivity index (χ2v) is 6.06. The summed E-state index contributed by atoms with van der Waals surface area (Å²) >= 11 is 12.0. The standard InChI is InChI=1S/C15H20Cl2N2O2/c1-10(2)9-18-15(21)6-7-19(11(3)20)14-8-12(16)4-5-13(14)17/h4-5,8,10H,6-7,9H2,1-3H3,(H,18,21). The lowest BCUT2D eigenvalue weighted by Crippen LogP contribution is -2.35. The Labute approximate surface area is 135 Å². The van der Waals surface area contributed by atoms with Gasteiger partial charge in [-0.25, -0.2) is 0 Å². The van der Waals surface area contributed by atoms with Crippen LogP contribution in [0.4, 0.5) is 5.69 Å². The van der Waals surface area contributed by atoms with E-state index in [1.807, 2.05) is 13.8 Å². The number of nitrogens with zero attached hydrogens (tertiary/aromatic N) is 1. The number of carbonyl (C=O) groups excluding carboxylic acids is 2. The van der Waals surface area contributed by atoms with Crippen LogP contribution in [0.2, 0.25) is 10.0 Å². The molecule has 0 aliphatic rings. The summed E-state index contributed by atoms with van der Waals surface area (Å²) in [6, 6.07) is 4.91. The van der Waals surface area contributed by atoms with Gasteiger partial charge in [-0.05, 0) is 24.1 Å². The van der Waals surface area contributed by atoms with E-state index in [0.717, 1.165) is 0 Å². The fourth-order valence-corrected chi connectivity index (χ4v) is 2.15. The predicted molar refractivity (Wildman–Crippen MR) is 87.0 cm³/mol. The average molecular weight is 331 g/mol. The van der Waals surface area contributed by atoms with E-state index in [0.29, 0.717) is 28.2 Å². The fourth-order valence-electron chi connectivity index (χ4n) is 1.76. The minimum atomic E-state index is -0.184. The molecule has 0 heterocycles. The molecule has 0 radical (unpaired) electrons. The van der Waals surface area contributed by atoms with Crippen molar-refractivity contribution in [3.8, 4) is 0 Å². The number of carbonyl (C=O) groups is 2. The first-order valence-electron chi connectivity index (χ1n) is 6.81. The Balaban J connectivity index is 2.73. The van der Waals surface area contributed by atoms with Crippen molar-refractivity contribution in [2.45, 2.75) is 27.2 Å². The smallest absolute Gasteiger partial charge is 0.223 e. The van der Waals surface area contributed by atoms with E-state index in [9.17, 15) is 9.59 Å². The quantitative estimate of drug-likeness (QED) is 0.867. The average Bonchev–Trinajstić information content (AvgIpc) is 2.40. The fraction of sp³-hybridized carbons (Fsp3) is 0.467. The number of rotatable bonds is 6. The highest BCUT2D eigenvalue weighted by Crippen LogP contribution is 2.29. The second kappa shape index (κ2) is 8.25. The summed E-state index contributed by atoms with van der Waals surface area (Å²) in [5, 5.41) is 3.74. The minimum Gasteiger partial charge on any atom is -0.356 e. The van der Waals surface area contributed by atoms with Crippen LogP contribution in [0.1, 0.15) is 27.2 Å². The molecule has 0 spiro atoms. The van der Waals surface area contributed by atoms with E-state index in [1.54, 1.807) is 18.2 Å². The van der Waals surface area contributed by atoms with Crippen molar-refractivity contribution < 1.29 is 9.59 Å². The Kier molecular flexibility index (Phi) is 6.99. The van der Waals surface area contributed by atoms with Crippen molar-refractivity contribution in [1.82, 2.24) is 5.32 Å². The Hall–Kier alpha value is -1.26. The number of nitrogens with one attached hydrogen (secondary N) is 1. The molecule has 4 nitrogen and oxygen atoms in total. The van der Waals surface area contributed by atoms with Crippen LogP contribution in [0.15, 0.2) is 18.2 Å². The molecule has 21 heavy (non-hydrogen) atoms. The Morgan fingerprint density at radius 3 is 2.52 bits per heavy atom. The van der Waals surface area contributed by atoms with Gasteiger partial charge in [0.25, 0.3) is 0 Å². The van der Waals surface area contributed by atoms with Crippen molar-refractivity contribution in [1.29, 1.82) is 0 Å². The van der Waals surface area contributed by atoms with Crippen LogP contribution in [0.5, 0.6) is 0 Å². The molecule has 1 rings (SSSR count). The lowest BCUT2D eigenvalue weighted by Gasteiger charge is -2.22. The van der Waals surface area contributed by atoms with Crippen molar-refractivity contribution in [3.05, 3.63) is 28.2 Å². The first kappa shape index (κ1) is 17.8. The van der Waals surface area contributed by atoms with Gasteiger partial charge in [0.05, 0.1) is 10.7 Å². The van der Waals surface area contributed by atoms with Gasteiger partial charge in [-0.2, -0.15) is 0 Å². The topological polar surface area (TPSA) is 49.4 Å². The summed E-state index contributed by atoms with van der Waals surface area (Å²) in [5.74, 6) is 0.115. The Bertz CT molecular complexity index is 518. The molecule has 0 bridgehead atoms. The monoisotopic (exact) mass is 330 g/mol. The first-order chi connectivity index (χ1) is 9.81. The van der Waals surface area contributed by atoms with Crippen LogP contribution in [0.25, 0.3) is 0 Å².